The first-order valence-corrected chi connectivity index (χ1v) is 11.5. The van der Waals surface area contributed by atoms with E-state index in [0.717, 1.165) is 11.1 Å². The van der Waals surface area contributed by atoms with Gasteiger partial charge in [-0.15, -0.1) is 0 Å². The predicted molar refractivity (Wildman–Crippen MR) is 131 cm³/mol. The van der Waals surface area contributed by atoms with E-state index < -0.39 is 24.6 Å². The number of nitrogen functional groups attached to an aromatic ring is 2. The zero-order valence-corrected chi connectivity index (χ0v) is 19.2. The van der Waals surface area contributed by atoms with Crippen molar-refractivity contribution in [1.29, 1.82) is 0 Å². The molecule has 0 amide bonds. The molecule has 9 heteroatoms. The van der Waals surface area contributed by atoms with Crippen molar-refractivity contribution in [2.75, 3.05) is 24.7 Å². The summed E-state index contributed by atoms with van der Waals surface area (Å²) in [6.07, 6.45) is 1.10. The number of hydrogen-bond acceptors (Lipinski definition) is 7. The number of aromatic nitrogens is 3. The highest BCUT2D eigenvalue weighted by molar-refractivity contribution is 5.87. The van der Waals surface area contributed by atoms with E-state index in [2.05, 4.69) is 9.97 Å². The van der Waals surface area contributed by atoms with Gasteiger partial charge in [0.05, 0.1) is 31.3 Å². The second kappa shape index (κ2) is 9.99. The van der Waals surface area contributed by atoms with Crippen LogP contribution in [0.3, 0.4) is 0 Å². The highest BCUT2D eigenvalue weighted by atomic mass is 19.1. The van der Waals surface area contributed by atoms with Crippen molar-refractivity contribution in [3.63, 3.8) is 0 Å². The number of alkyl halides is 1. The average molecular weight is 478 g/mol. The number of hydrogen-bond donors (Lipinski definition) is 2. The van der Waals surface area contributed by atoms with Crippen LogP contribution in [0.15, 0.2) is 72.9 Å². The molecule has 0 bridgehead atoms. The summed E-state index contributed by atoms with van der Waals surface area (Å²) in [4.78, 5) is 8.36. The van der Waals surface area contributed by atoms with Gasteiger partial charge >= 0.3 is 0 Å². The van der Waals surface area contributed by atoms with Crippen LogP contribution in [0.1, 0.15) is 23.8 Å². The van der Waals surface area contributed by atoms with Gasteiger partial charge in [0.15, 0.2) is 0 Å². The molecule has 4 aromatic rings. The lowest BCUT2D eigenvalue weighted by atomic mass is 9.99. The van der Waals surface area contributed by atoms with E-state index in [0.29, 0.717) is 30.7 Å². The molecular weight excluding hydrogens is 449 g/mol. The van der Waals surface area contributed by atoms with Crippen LogP contribution >= 0.6 is 0 Å². The Kier molecular flexibility index (Phi) is 6.63. The summed E-state index contributed by atoms with van der Waals surface area (Å²) in [6, 6.07) is 21.3. The lowest BCUT2D eigenvalue weighted by molar-refractivity contribution is -0.163. The van der Waals surface area contributed by atoms with Gasteiger partial charge in [0.1, 0.15) is 30.0 Å². The molecule has 3 heterocycles. The summed E-state index contributed by atoms with van der Waals surface area (Å²) < 4.78 is 35.1. The molecule has 0 spiro atoms. The van der Waals surface area contributed by atoms with Gasteiger partial charge in [-0.1, -0.05) is 60.7 Å². The van der Waals surface area contributed by atoms with Crippen LogP contribution in [0.2, 0.25) is 0 Å². The van der Waals surface area contributed by atoms with Crippen LogP contribution in [0.5, 0.6) is 0 Å². The minimum Gasteiger partial charge on any atom is -0.383 e. The molecule has 4 N–H and O–H groups in total. The van der Waals surface area contributed by atoms with Gasteiger partial charge < -0.3 is 30.2 Å². The van der Waals surface area contributed by atoms with Gasteiger partial charge in [0.25, 0.3) is 0 Å². The summed E-state index contributed by atoms with van der Waals surface area (Å²) in [5.41, 5.74) is 13.1. The van der Waals surface area contributed by atoms with E-state index in [1.54, 1.807) is 16.8 Å². The van der Waals surface area contributed by atoms with Crippen LogP contribution in [0.4, 0.5) is 16.2 Å². The monoisotopic (exact) mass is 477 g/mol. The first-order valence-electron chi connectivity index (χ1n) is 11.5. The second-order valence-corrected chi connectivity index (χ2v) is 8.70. The third-order valence-corrected chi connectivity index (χ3v) is 6.28. The molecule has 5 rings (SSSR count). The van der Waals surface area contributed by atoms with E-state index in [1.165, 1.54) is 0 Å². The first kappa shape index (κ1) is 23.2. The Bertz CT molecular complexity index is 1270. The number of halogens is 1. The highest BCUT2D eigenvalue weighted by Gasteiger charge is 2.51. The number of ether oxygens (including phenoxy) is 3. The Balaban J connectivity index is 1.40. The molecule has 1 saturated heterocycles. The maximum atomic E-state index is 14.8. The molecule has 1 aliphatic rings. The number of anilines is 2. The topological polar surface area (TPSA) is 110 Å². The molecule has 1 aliphatic heterocycles. The van der Waals surface area contributed by atoms with E-state index in [1.807, 2.05) is 60.7 Å². The van der Waals surface area contributed by atoms with Gasteiger partial charge in [0.2, 0.25) is 5.95 Å². The minimum absolute atomic E-state index is 0.0345. The van der Waals surface area contributed by atoms with Crippen molar-refractivity contribution < 1.29 is 18.6 Å². The van der Waals surface area contributed by atoms with E-state index in [-0.39, 0.29) is 18.4 Å². The van der Waals surface area contributed by atoms with Crippen molar-refractivity contribution in [2.45, 2.75) is 37.6 Å². The molecule has 3 atom stereocenters. The van der Waals surface area contributed by atoms with Gasteiger partial charge in [-0.2, -0.15) is 9.97 Å². The van der Waals surface area contributed by atoms with Crippen molar-refractivity contribution in [3.8, 4) is 0 Å². The van der Waals surface area contributed by atoms with E-state index in [9.17, 15) is 4.39 Å². The summed E-state index contributed by atoms with van der Waals surface area (Å²) in [6.45, 7) is -0.0612. The van der Waals surface area contributed by atoms with Gasteiger partial charge in [-0.05, 0) is 17.2 Å². The molecule has 1 fully saturated rings. The van der Waals surface area contributed by atoms with Crippen LogP contribution in [-0.2, 0) is 27.4 Å². The molecular formula is C26H28FN5O3. The molecule has 0 radical (unpaired) electrons. The Morgan fingerprint density at radius 1 is 0.971 bits per heavy atom. The van der Waals surface area contributed by atoms with E-state index >= 15 is 0 Å². The summed E-state index contributed by atoms with van der Waals surface area (Å²) in [5, 5.41) is 0.655. The number of fused-ring (bicyclic) bond motifs is 1. The molecule has 8 nitrogen and oxygen atoms in total. The SMILES string of the molecule is Nc1nc(N)c2ccn([C@H]3C[C@H](OCc4ccccc4)[C@@](CF)(COCc4ccccc4)O3)c2n1. The van der Waals surface area contributed by atoms with Crippen LogP contribution in [0, 0.1) is 0 Å². The number of nitrogens with zero attached hydrogens (tertiary/aromatic N) is 3. The Morgan fingerprint density at radius 2 is 1.66 bits per heavy atom. The normalized spacial score (nSPS) is 22.1. The maximum Gasteiger partial charge on any atom is 0.223 e. The fourth-order valence-corrected chi connectivity index (χ4v) is 4.46. The second-order valence-electron chi connectivity index (χ2n) is 8.70. The lowest BCUT2D eigenvalue weighted by Gasteiger charge is -2.31. The number of rotatable bonds is 9. The fourth-order valence-electron chi connectivity index (χ4n) is 4.46. The van der Waals surface area contributed by atoms with Gasteiger partial charge in [-0.25, -0.2) is 4.39 Å². The van der Waals surface area contributed by atoms with Crippen molar-refractivity contribution in [2.24, 2.45) is 0 Å². The summed E-state index contributed by atoms with van der Waals surface area (Å²) in [7, 11) is 0. The Morgan fingerprint density at radius 3 is 2.34 bits per heavy atom. The van der Waals surface area contributed by atoms with Crippen LogP contribution in [-0.4, -0.2) is 39.5 Å². The van der Waals surface area contributed by atoms with Gasteiger partial charge in [0, 0.05) is 12.6 Å². The van der Waals surface area contributed by atoms with Crippen LogP contribution < -0.4 is 11.5 Å². The van der Waals surface area contributed by atoms with Crippen molar-refractivity contribution in [3.05, 3.63) is 84.1 Å². The molecule has 35 heavy (non-hydrogen) atoms. The third-order valence-electron chi connectivity index (χ3n) is 6.28. The predicted octanol–water partition coefficient (Wildman–Crippen LogP) is 4.03. The molecule has 2 aromatic heterocycles. The standard InChI is InChI=1S/C26H28FN5O3/c27-16-26(17-33-14-18-7-3-1-4-8-18)21(34-15-19-9-5-2-6-10-19)13-22(35-26)32-12-11-20-23(28)30-25(29)31-24(20)32/h1-12,21-22H,13-17H2,(H4,28,29,30,31)/t21-,22+,26+/m0/s1. The highest BCUT2D eigenvalue weighted by Crippen LogP contribution is 2.41. The fraction of sp³-hybridized carbons (Fsp3) is 0.308. The zero-order chi connectivity index (χ0) is 24.3. The van der Waals surface area contributed by atoms with E-state index in [4.69, 9.17) is 25.7 Å². The molecule has 182 valence electrons. The summed E-state index contributed by atoms with van der Waals surface area (Å²) in [5.74, 6) is 0.344. The van der Waals surface area contributed by atoms with Crippen molar-refractivity contribution >= 4 is 22.8 Å². The Hall–Kier alpha value is -3.53. The average Bonchev–Trinajstić information content (AvgIpc) is 3.46. The summed E-state index contributed by atoms with van der Waals surface area (Å²) >= 11 is 0. The quantitative estimate of drug-likeness (QED) is 0.375. The smallest absolute Gasteiger partial charge is 0.223 e. The number of benzene rings is 2. The minimum atomic E-state index is -1.28. The van der Waals surface area contributed by atoms with Gasteiger partial charge in [-0.3, -0.25) is 0 Å². The van der Waals surface area contributed by atoms with Crippen LogP contribution in [0.25, 0.3) is 11.0 Å². The third kappa shape index (κ3) is 4.84. The van der Waals surface area contributed by atoms with Crippen molar-refractivity contribution in [1.82, 2.24) is 14.5 Å². The number of nitrogens with two attached hydrogens (primary N) is 2. The zero-order valence-electron chi connectivity index (χ0n) is 19.2. The molecule has 0 unspecified atom stereocenters. The molecule has 2 aromatic carbocycles. The molecule has 0 aliphatic carbocycles. The lowest BCUT2D eigenvalue weighted by Crippen LogP contribution is -2.47. The first-order chi connectivity index (χ1) is 17.1. The maximum absolute atomic E-state index is 14.8. The largest absolute Gasteiger partial charge is 0.383 e. The molecule has 0 saturated carbocycles. The Labute approximate surface area is 202 Å².